The molecule has 3 rings (SSSR count). The van der Waals surface area contributed by atoms with Crippen LogP contribution in [0.2, 0.25) is 0 Å². The lowest BCUT2D eigenvalue weighted by Crippen LogP contribution is -2.30. The summed E-state index contributed by atoms with van der Waals surface area (Å²) in [5, 5.41) is 11.2. The summed E-state index contributed by atoms with van der Waals surface area (Å²) in [6.07, 6.45) is -0.423. The fourth-order valence-corrected chi connectivity index (χ4v) is 3.00. The monoisotopic (exact) mass is 446 g/mol. The van der Waals surface area contributed by atoms with Gasteiger partial charge in [-0.1, -0.05) is 36.4 Å². The van der Waals surface area contributed by atoms with Crippen LogP contribution in [0.1, 0.15) is 23.2 Å². The number of carboxylic acid groups (broad SMARTS) is 1. The number of aliphatic carboxylic acids is 1. The van der Waals surface area contributed by atoms with Gasteiger partial charge in [0.05, 0.1) is 12.0 Å². The minimum atomic E-state index is -1.06. The summed E-state index contributed by atoms with van der Waals surface area (Å²) in [5.41, 5.74) is 1.91. The number of benzene rings is 3. The van der Waals surface area contributed by atoms with Crippen LogP contribution in [0, 0.1) is 0 Å². The Kier molecular flexibility index (Phi) is 7.91. The summed E-state index contributed by atoms with van der Waals surface area (Å²) < 4.78 is 5.22. The summed E-state index contributed by atoms with van der Waals surface area (Å²) in [6, 6.07) is 24.0. The van der Waals surface area contributed by atoms with Crippen LogP contribution in [0.15, 0.2) is 84.9 Å². The van der Waals surface area contributed by atoms with Crippen LogP contribution in [0.25, 0.3) is 0 Å². The SMILES string of the molecule is O=C(O)CCC(=O)Nc1ccc(C(=O)OCC(=O)N(c2ccccc2)c2ccccc2)cc1. The topological polar surface area (TPSA) is 113 Å². The Morgan fingerprint density at radius 1 is 0.758 bits per heavy atom. The number of anilines is 3. The second kappa shape index (κ2) is 11.2. The van der Waals surface area contributed by atoms with Crippen molar-refractivity contribution in [1.82, 2.24) is 0 Å². The Morgan fingerprint density at radius 3 is 1.82 bits per heavy atom. The van der Waals surface area contributed by atoms with E-state index in [1.54, 1.807) is 24.3 Å². The summed E-state index contributed by atoms with van der Waals surface area (Å²) >= 11 is 0. The molecule has 0 saturated heterocycles. The molecule has 168 valence electrons. The molecule has 0 aliphatic rings. The predicted octanol–water partition coefficient (Wildman–Crippen LogP) is 4.01. The van der Waals surface area contributed by atoms with E-state index in [4.69, 9.17) is 9.84 Å². The smallest absolute Gasteiger partial charge is 0.338 e. The van der Waals surface area contributed by atoms with Crippen molar-refractivity contribution in [3.05, 3.63) is 90.5 Å². The normalized spacial score (nSPS) is 10.2. The molecule has 8 heteroatoms. The molecule has 0 heterocycles. The highest BCUT2D eigenvalue weighted by molar-refractivity contribution is 6.02. The zero-order chi connectivity index (χ0) is 23.6. The molecule has 2 amide bonds. The molecule has 0 aliphatic heterocycles. The minimum absolute atomic E-state index is 0.152. The van der Waals surface area contributed by atoms with Crippen molar-refractivity contribution in [3.8, 4) is 0 Å². The van der Waals surface area contributed by atoms with Gasteiger partial charge in [0.15, 0.2) is 6.61 Å². The molecule has 0 aliphatic carbocycles. The number of ether oxygens (including phenoxy) is 1. The number of para-hydroxylation sites is 2. The van der Waals surface area contributed by atoms with Gasteiger partial charge in [-0.25, -0.2) is 4.79 Å². The van der Waals surface area contributed by atoms with Gasteiger partial charge in [-0.05, 0) is 48.5 Å². The predicted molar refractivity (Wildman–Crippen MR) is 122 cm³/mol. The number of carboxylic acids is 1. The van der Waals surface area contributed by atoms with Crippen molar-refractivity contribution >= 4 is 40.8 Å². The zero-order valence-electron chi connectivity index (χ0n) is 17.6. The van der Waals surface area contributed by atoms with E-state index >= 15 is 0 Å². The first-order valence-electron chi connectivity index (χ1n) is 10.2. The quantitative estimate of drug-likeness (QED) is 0.480. The molecule has 3 aromatic rings. The molecule has 0 atom stereocenters. The Balaban J connectivity index is 1.61. The van der Waals surface area contributed by atoms with E-state index < -0.39 is 30.4 Å². The lowest BCUT2D eigenvalue weighted by molar-refractivity contribution is -0.138. The van der Waals surface area contributed by atoms with Gasteiger partial charge >= 0.3 is 11.9 Å². The third kappa shape index (κ3) is 6.76. The van der Waals surface area contributed by atoms with Gasteiger partial charge in [-0.15, -0.1) is 0 Å². The second-order valence-electron chi connectivity index (χ2n) is 7.00. The van der Waals surface area contributed by atoms with Crippen molar-refractivity contribution in [2.45, 2.75) is 12.8 Å². The number of amides is 2. The van der Waals surface area contributed by atoms with Gasteiger partial charge < -0.3 is 15.2 Å². The number of carbonyl (C=O) groups is 4. The van der Waals surface area contributed by atoms with Crippen LogP contribution < -0.4 is 10.2 Å². The largest absolute Gasteiger partial charge is 0.481 e. The third-order valence-corrected chi connectivity index (χ3v) is 4.58. The van der Waals surface area contributed by atoms with E-state index in [0.29, 0.717) is 17.1 Å². The molecule has 0 bridgehead atoms. The van der Waals surface area contributed by atoms with E-state index in [1.165, 1.54) is 29.2 Å². The van der Waals surface area contributed by atoms with E-state index in [9.17, 15) is 19.2 Å². The second-order valence-corrected chi connectivity index (χ2v) is 7.00. The maximum absolute atomic E-state index is 12.9. The van der Waals surface area contributed by atoms with Crippen LogP contribution >= 0.6 is 0 Å². The number of hydrogen-bond acceptors (Lipinski definition) is 5. The van der Waals surface area contributed by atoms with E-state index in [0.717, 1.165) is 0 Å². The lowest BCUT2D eigenvalue weighted by Gasteiger charge is -2.22. The minimum Gasteiger partial charge on any atom is -0.481 e. The average Bonchev–Trinajstić information content (AvgIpc) is 2.83. The van der Waals surface area contributed by atoms with Crippen molar-refractivity contribution in [2.24, 2.45) is 0 Å². The molecule has 0 unspecified atom stereocenters. The number of hydrogen-bond donors (Lipinski definition) is 2. The highest BCUT2D eigenvalue weighted by atomic mass is 16.5. The standard InChI is InChI=1S/C25H22N2O6/c28-22(15-16-24(30)31)26-19-13-11-18(12-14-19)25(32)33-17-23(29)27(20-7-3-1-4-8-20)21-9-5-2-6-10-21/h1-14H,15-17H2,(H,26,28)(H,30,31). The molecule has 0 saturated carbocycles. The molecule has 3 aromatic carbocycles. The summed E-state index contributed by atoms with van der Waals surface area (Å²) in [7, 11) is 0. The lowest BCUT2D eigenvalue weighted by atomic mass is 10.2. The van der Waals surface area contributed by atoms with Crippen LogP contribution in [0.5, 0.6) is 0 Å². The molecule has 0 spiro atoms. The van der Waals surface area contributed by atoms with Crippen LogP contribution in [-0.2, 0) is 19.1 Å². The Morgan fingerprint density at radius 2 is 1.30 bits per heavy atom. The van der Waals surface area contributed by atoms with Crippen molar-refractivity contribution < 1.29 is 29.0 Å². The summed E-state index contributed by atoms with van der Waals surface area (Å²) in [5.74, 6) is -2.60. The summed E-state index contributed by atoms with van der Waals surface area (Å²) in [6.45, 7) is -0.462. The van der Waals surface area contributed by atoms with Crippen LogP contribution in [0.4, 0.5) is 17.1 Å². The Hall–Kier alpha value is -4.46. The molecule has 8 nitrogen and oxygen atoms in total. The van der Waals surface area contributed by atoms with Gasteiger partial charge in [-0.2, -0.15) is 0 Å². The van der Waals surface area contributed by atoms with Crippen LogP contribution in [0.3, 0.4) is 0 Å². The molecule has 0 fully saturated rings. The zero-order valence-corrected chi connectivity index (χ0v) is 17.6. The molecule has 2 N–H and O–H groups in total. The highest BCUT2D eigenvalue weighted by Gasteiger charge is 2.20. The molecular formula is C25H22N2O6. The van der Waals surface area contributed by atoms with Crippen molar-refractivity contribution in [3.63, 3.8) is 0 Å². The molecular weight excluding hydrogens is 424 g/mol. The molecule has 0 radical (unpaired) electrons. The fourth-order valence-electron chi connectivity index (χ4n) is 3.00. The maximum atomic E-state index is 12.9. The first-order chi connectivity index (χ1) is 15.9. The number of nitrogens with one attached hydrogen (secondary N) is 1. The Labute approximate surface area is 190 Å². The first-order valence-corrected chi connectivity index (χ1v) is 10.2. The number of nitrogens with zero attached hydrogens (tertiary/aromatic N) is 1. The number of esters is 1. The Bertz CT molecular complexity index is 1080. The van der Waals surface area contributed by atoms with Crippen molar-refractivity contribution in [2.75, 3.05) is 16.8 Å². The van der Waals surface area contributed by atoms with Gasteiger partial charge in [0.1, 0.15) is 0 Å². The van der Waals surface area contributed by atoms with E-state index in [-0.39, 0.29) is 18.4 Å². The molecule has 0 aromatic heterocycles. The third-order valence-electron chi connectivity index (χ3n) is 4.58. The van der Waals surface area contributed by atoms with Crippen molar-refractivity contribution in [1.29, 1.82) is 0 Å². The average molecular weight is 446 g/mol. The van der Waals surface area contributed by atoms with Gasteiger partial charge in [0.2, 0.25) is 5.91 Å². The van der Waals surface area contributed by atoms with Crippen LogP contribution in [-0.4, -0.2) is 35.5 Å². The first kappa shape index (κ1) is 23.2. The number of rotatable bonds is 9. The molecule has 33 heavy (non-hydrogen) atoms. The highest BCUT2D eigenvalue weighted by Crippen LogP contribution is 2.25. The number of carbonyl (C=O) groups excluding carboxylic acids is 3. The van der Waals surface area contributed by atoms with Gasteiger partial charge in [-0.3, -0.25) is 19.3 Å². The van der Waals surface area contributed by atoms with E-state index in [2.05, 4.69) is 5.32 Å². The van der Waals surface area contributed by atoms with Gasteiger partial charge in [0, 0.05) is 23.5 Å². The van der Waals surface area contributed by atoms with Gasteiger partial charge in [0.25, 0.3) is 5.91 Å². The van der Waals surface area contributed by atoms with E-state index in [1.807, 2.05) is 36.4 Å². The fraction of sp³-hybridized carbons (Fsp3) is 0.120. The summed E-state index contributed by atoms with van der Waals surface area (Å²) in [4.78, 5) is 49.0. The maximum Gasteiger partial charge on any atom is 0.338 e.